The van der Waals surface area contributed by atoms with Gasteiger partial charge in [0, 0.05) is 0 Å². The van der Waals surface area contributed by atoms with Gasteiger partial charge in [-0.1, -0.05) is 30.3 Å². The number of nitrogens with one attached hydrogen (secondary N) is 2. The van der Waals surface area contributed by atoms with Crippen LogP contribution in [0, 0.1) is 0 Å². The molecule has 3 rings (SSSR count). The van der Waals surface area contributed by atoms with E-state index in [-0.39, 0.29) is 11.5 Å². The van der Waals surface area contributed by atoms with E-state index in [9.17, 15) is 14.4 Å². The fourth-order valence-corrected chi connectivity index (χ4v) is 2.32. The number of hydrogen-bond acceptors (Lipinski definition) is 5. The first kappa shape index (κ1) is 14.8. The van der Waals surface area contributed by atoms with Crippen molar-refractivity contribution in [3.63, 3.8) is 0 Å². The smallest absolute Gasteiger partial charge is 0.338 e. The molecule has 8 heteroatoms. The number of benzene rings is 1. The van der Waals surface area contributed by atoms with Gasteiger partial charge in [-0.15, -0.1) is 0 Å². The van der Waals surface area contributed by atoms with E-state index in [1.807, 2.05) is 30.3 Å². The maximum Gasteiger partial charge on any atom is 0.338 e. The van der Waals surface area contributed by atoms with Gasteiger partial charge in [0.15, 0.2) is 5.69 Å². The molecule has 1 aromatic heterocycles. The van der Waals surface area contributed by atoms with Gasteiger partial charge in [-0.25, -0.2) is 9.78 Å². The number of methoxy groups -OCH3 is 1. The minimum Gasteiger partial charge on any atom is -0.467 e. The van der Waals surface area contributed by atoms with Crippen LogP contribution >= 0.6 is 0 Å². The third-order valence-electron chi connectivity index (χ3n) is 3.46. The van der Waals surface area contributed by atoms with Gasteiger partial charge in [0.2, 0.25) is 6.04 Å². The number of esters is 1. The van der Waals surface area contributed by atoms with E-state index in [1.165, 1.54) is 6.33 Å². The average molecular weight is 314 g/mol. The molecular weight excluding hydrogens is 300 g/mol. The van der Waals surface area contributed by atoms with Crippen LogP contribution in [0.2, 0.25) is 0 Å². The highest BCUT2D eigenvalue weighted by atomic mass is 16.5. The molecule has 0 aliphatic carbocycles. The normalized spacial score (nSPS) is 16.8. The minimum absolute atomic E-state index is 0.0562. The van der Waals surface area contributed by atoms with E-state index >= 15 is 0 Å². The molecule has 1 aliphatic rings. The van der Waals surface area contributed by atoms with Crippen molar-refractivity contribution in [2.24, 2.45) is 0 Å². The summed E-state index contributed by atoms with van der Waals surface area (Å²) in [5.74, 6) is -1.86. The molecule has 1 aromatic carbocycles. The molecule has 1 aliphatic heterocycles. The predicted molar refractivity (Wildman–Crippen MR) is 79.7 cm³/mol. The largest absolute Gasteiger partial charge is 0.467 e. The number of carbonyl (C=O) groups excluding carboxylic acids is 3. The number of ether oxygens (including phenoxy) is 1. The summed E-state index contributed by atoms with van der Waals surface area (Å²) in [6, 6.07) is 8.12. The van der Waals surface area contributed by atoms with Crippen molar-refractivity contribution in [3.8, 4) is 0 Å². The second kappa shape index (κ2) is 5.91. The molecule has 8 nitrogen and oxygen atoms in total. The summed E-state index contributed by atoms with van der Waals surface area (Å²) in [5, 5.41) is 4.88. The number of hydrogen-bond donors (Lipinski definition) is 2. The van der Waals surface area contributed by atoms with Gasteiger partial charge in [0.25, 0.3) is 11.8 Å². The van der Waals surface area contributed by atoms with Crippen molar-refractivity contribution < 1.29 is 19.1 Å². The maximum absolute atomic E-state index is 12.2. The highest BCUT2D eigenvalue weighted by molar-refractivity contribution is 6.15. The Balaban J connectivity index is 1.92. The Morgan fingerprint density at radius 3 is 2.74 bits per heavy atom. The Kier molecular flexibility index (Phi) is 3.80. The average Bonchev–Trinajstić information content (AvgIpc) is 2.89. The van der Waals surface area contributed by atoms with Crippen LogP contribution in [0.1, 0.15) is 16.1 Å². The topological polar surface area (TPSA) is 102 Å². The van der Waals surface area contributed by atoms with Gasteiger partial charge < -0.3 is 19.9 Å². The zero-order chi connectivity index (χ0) is 16.4. The van der Waals surface area contributed by atoms with E-state index in [0.717, 1.165) is 12.7 Å². The summed E-state index contributed by atoms with van der Waals surface area (Å²) in [5.41, 5.74) is 1.04. The third kappa shape index (κ3) is 2.78. The molecule has 2 amide bonds. The lowest BCUT2D eigenvalue weighted by molar-refractivity contribution is -0.145. The lowest BCUT2D eigenvalue weighted by Crippen LogP contribution is -2.47. The maximum atomic E-state index is 12.2. The van der Waals surface area contributed by atoms with Crippen LogP contribution in [-0.4, -0.2) is 40.5 Å². The number of fused-ring (bicyclic) bond motifs is 1. The molecule has 2 N–H and O–H groups in total. The van der Waals surface area contributed by atoms with Crippen LogP contribution in [0.3, 0.4) is 0 Å². The molecule has 1 unspecified atom stereocenters. The molecule has 2 aromatic rings. The first-order valence-corrected chi connectivity index (χ1v) is 6.88. The summed E-state index contributed by atoms with van der Waals surface area (Å²) in [7, 11) is 1.15. The number of carbonyl (C=O) groups is 3. The predicted octanol–water partition coefficient (Wildman–Crippen LogP) is 0.155. The van der Waals surface area contributed by atoms with Crippen molar-refractivity contribution in [2.75, 3.05) is 12.4 Å². The van der Waals surface area contributed by atoms with Crippen molar-refractivity contribution in [1.29, 1.82) is 0 Å². The summed E-state index contributed by atoms with van der Waals surface area (Å²) in [4.78, 5) is 39.9. The van der Waals surface area contributed by atoms with Crippen LogP contribution in [-0.2, 0) is 20.9 Å². The molecule has 0 saturated heterocycles. The summed E-state index contributed by atoms with van der Waals surface area (Å²) in [6.45, 7) is 0.430. The van der Waals surface area contributed by atoms with Gasteiger partial charge >= 0.3 is 5.97 Å². The molecule has 2 heterocycles. The molecule has 23 heavy (non-hydrogen) atoms. The third-order valence-corrected chi connectivity index (χ3v) is 3.46. The molecule has 0 saturated carbocycles. The first-order chi connectivity index (χ1) is 11.1. The first-order valence-electron chi connectivity index (χ1n) is 6.88. The van der Waals surface area contributed by atoms with E-state index in [2.05, 4.69) is 20.4 Å². The Bertz CT molecular complexity index is 769. The second-order valence-corrected chi connectivity index (χ2v) is 4.97. The second-order valence-electron chi connectivity index (χ2n) is 4.97. The van der Waals surface area contributed by atoms with Crippen LogP contribution in [0.25, 0.3) is 0 Å². The SMILES string of the molecule is COC(=O)C1NC(=O)c2ncn(Cc3ccccc3)c2NC1=O. The number of amides is 2. The molecule has 0 bridgehead atoms. The Labute approximate surface area is 131 Å². The Hall–Kier alpha value is -3.16. The molecule has 1 atom stereocenters. The van der Waals surface area contributed by atoms with Crippen LogP contribution in [0.15, 0.2) is 36.7 Å². The Morgan fingerprint density at radius 1 is 1.30 bits per heavy atom. The van der Waals surface area contributed by atoms with Crippen LogP contribution in [0.4, 0.5) is 5.82 Å². The minimum atomic E-state index is -1.40. The van der Waals surface area contributed by atoms with E-state index in [1.54, 1.807) is 4.57 Å². The standard InChI is InChI=1S/C15H14N4O4/c1-23-15(22)11-14(21)18-12-10(13(20)17-11)16-8-19(12)7-9-5-3-2-4-6-9/h2-6,8,11H,7H2,1H3,(H,17,20)(H,18,21). The van der Waals surface area contributed by atoms with Crippen LogP contribution in [0.5, 0.6) is 0 Å². The zero-order valence-electron chi connectivity index (χ0n) is 12.3. The zero-order valence-corrected chi connectivity index (χ0v) is 12.3. The van der Waals surface area contributed by atoms with Crippen molar-refractivity contribution in [2.45, 2.75) is 12.6 Å². The van der Waals surface area contributed by atoms with Gasteiger partial charge in [-0.2, -0.15) is 0 Å². The number of imidazole rings is 1. The highest BCUT2D eigenvalue weighted by Gasteiger charge is 2.36. The molecule has 0 spiro atoms. The summed E-state index contributed by atoms with van der Waals surface area (Å²) < 4.78 is 6.16. The quantitative estimate of drug-likeness (QED) is 0.620. The van der Waals surface area contributed by atoms with Crippen molar-refractivity contribution in [1.82, 2.24) is 14.9 Å². The molecular formula is C15H14N4O4. The van der Waals surface area contributed by atoms with Gasteiger partial charge in [0.1, 0.15) is 5.82 Å². The fourth-order valence-electron chi connectivity index (χ4n) is 2.32. The highest BCUT2D eigenvalue weighted by Crippen LogP contribution is 2.19. The van der Waals surface area contributed by atoms with Gasteiger partial charge in [0.05, 0.1) is 20.0 Å². The van der Waals surface area contributed by atoms with E-state index in [4.69, 9.17) is 0 Å². The lowest BCUT2D eigenvalue weighted by atomic mass is 10.2. The van der Waals surface area contributed by atoms with Gasteiger partial charge in [-0.05, 0) is 5.56 Å². The molecule has 0 fully saturated rings. The monoisotopic (exact) mass is 314 g/mol. The van der Waals surface area contributed by atoms with Gasteiger partial charge in [-0.3, -0.25) is 9.59 Å². The summed E-state index contributed by atoms with van der Waals surface area (Å²) in [6.07, 6.45) is 1.47. The molecule has 0 radical (unpaired) electrons. The summed E-state index contributed by atoms with van der Waals surface area (Å²) >= 11 is 0. The number of rotatable bonds is 3. The van der Waals surface area contributed by atoms with Crippen molar-refractivity contribution in [3.05, 3.63) is 47.9 Å². The van der Waals surface area contributed by atoms with Crippen LogP contribution < -0.4 is 10.6 Å². The number of anilines is 1. The number of aromatic nitrogens is 2. The number of nitrogens with zero attached hydrogens (tertiary/aromatic N) is 2. The fraction of sp³-hybridized carbons (Fsp3) is 0.200. The lowest BCUT2D eigenvalue weighted by Gasteiger charge is -2.12. The van der Waals surface area contributed by atoms with E-state index < -0.39 is 23.8 Å². The molecule has 118 valence electrons. The Morgan fingerprint density at radius 2 is 2.04 bits per heavy atom. The van der Waals surface area contributed by atoms with E-state index in [0.29, 0.717) is 6.54 Å². The van der Waals surface area contributed by atoms with Crippen molar-refractivity contribution >= 4 is 23.6 Å².